The van der Waals surface area contributed by atoms with E-state index in [9.17, 15) is 0 Å². The molecule has 1 atom stereocenters. The van der Waals surface area contributed by atoms with Crippen molar-refractivity contribution in [2.24, 2.45) is 0 Å². The predicted octanol–water partition coefficient (Wildman–Crippen LogP) is 7.53. The first kappa shape index (κ1) is 23.4. The summed E-state index contributed by atoms with van der Waals surface area (Å²) in [6.07, 6.45) is 22.3. The maximum atomic E-state index is 5.13. The lowest BCUT2D eigenvalue weighted by Gasteiger charge is -2.30. The number of rotatable bonds is 18. The highest BCUT2D eigenvalue weighted by Crippen LogP contribution is 2.37. The molecule has 1 unspecified atom stereocenters. The molecule has 0 saturated heterocycles. The van der Waals surface area contributed by atoms with Crippen molar-refractivity contribution in [3.63, 3.8) is 0 Å². The van der Waals surface area contributed by atoms with Crippen LogP contribution in [0.2, 0.25) is 0 Å². The minimum absolute atomic E-state index is 0.536. The Bertz CT molecular complexity index is 218. The van der Waals surface area contributed by atoms with Gasteiger partial charge in [0, 0.05) is 13.7 Å². The van der Waals surface area contributed by atoms with E-state index in [1.165, 1.54) is 103 Å². The van der Waals surface area contributed by atoms with Crippen LogP contribution in [0.5, 0.6) is 0 Å². The molecule has 0 rings (SSSR count). The average molecular weight is 345 g/mol. The summed E-state index contributed by atoms with van der Waals surface area (Å²) in [6.45, 7) is 5.55. The highest BCUT2D eigenvalue weighted by atomic mass is 31.0. The topological polar surface area (TPSA) is 9.23 Å². The maximum Gasteiger partial charge on any atom is 0.0462 e. The van der Waals surface area contributed by atoms with Crippen LogP contribution in [-0.4, -0.2) is 18.9 Å². The van der Waals surface area contributed by atoms with Crippen molar-refractivity contribution >= 4 is 9.24 Å². The predicted molar refractivity (Wildman–Crippen MR) is 110 cm³/mol. The Labute approximate surface area is 149 Å². The first-order chi connectivity index (χ1) is 11.2. The van der Waals surface area contributed by atoms with E-state index in [2.05, 4.69) is 23.1 Å². The van der Waals surface area contributed by atoms with E-state index in [-0.39, 0.29) is 0 Å². The third-order valence-corrected chi connectivity index (χ3v) is 5.95. The van der Waals surface area contributed by atoms with E-state index in [0.29, 0.717) is 5.16 Å². The monoisotopic (exact) mass is 344 g/mol. The van der Waals surface area contributed by atoms with E-state index in [1.54, 1.807) is 7.11 Å². The fourth-order valence-electron chi connectivity index (χ4n) is 3.44. The minimum atomic E-state index is 0.536. The molecule has 0 amide bonds. The molecule has 1 nitrogen and oxygen atoms in total. The number of hydrogen-bond donors (Lipinski definition) is 0. The maximum absolute atomic E-state index is 5.13. The average Bonchev–Trinajstić information content (AvgIpc) is 2.55. The van der Waals surface area contributed by atoms with Gasteiger partial charge in [-0.15, -0.1) is 9.24 Å². The van der Waals surface area contributed by atoms with Crippen LogP contribution in [-0.2, 0) is 4.74 Å². The molecular weight excluding hydrogens is 299 g/mol. The summed E-state index contributed by atoms with van der Waals surface area (Å²) in [5.74, 6) is 0. The van der Waals surface area contributed by atoms with Gasteiger partial charge in [-0.05, 0) is 30.8 Å². The van der Waals surface area contributed by atoms with E-state index in [1.807, 2.05) is 0 Å². The van der Waals surface area contributed by atoms with Crippen molar-refractivity contribution < 1.29 is 4.74 Å². The van der Waals surface area contributed by atoms with Gasteiger partial charge in [0.1, 0.15) is 0 Å². The van der Waals surface area contributed by atoms with Crippen LogP contribution in [0.3, 0.4) is 0 Å². The molecule has 23 heavy (non-hydrogen) atoms. The summed E-state index contributed by atoms with van der Waals surface area (Å²) in [5.41, 5.74) is 0. The summed E-state index contributed by atoms with van der Waals surface area (Å²) in [4.78, 5) is 0. The van der Waals surface area contributed by atoms with Crippen molar-refractivity contribution in [2.75, 3.05) is 13.7 Å². The van der Waals surface area contributed by atoms with E-state index < -0.39 is 0 Å². The van der Waals surface area contributed by atoms with Gasteiger partial charge in [0.25, 0.3) is 0 Å². The normalized spacial score (nSPS) is 12.0. The van der Waals surface area contributed by atoms with Crippen LogP contribution >= 0.6 is 9.24 Å². The van der Waals surface area contributed by atoms with Gasteiger partial charge in [0.2, 0.25) is 0 Å². The highest BCUT2D eigenvalue weighted by molar-refractivity contribution is 7.19. The Kier molecular flexibility index (Phi) is 17.5. The molecule has 0 heterocycles. The molecule has 0 radical (unpaired) electrons. The molecule has 0 aliphatic carbocycles. The van der Waals surface area contributed by atoms with Crippen molar-refractivity contribution in [3.05, 3.63) is 0 Å². The van der Waals surface area contributed by atoms with Crippen molar-refractivity contribution in [3.8, 4) is 0 Å². The van der Waals surface area contributed by atoms with Crippen molar-refractivity contribution in [1.82, 2.24) is 0 Å². The molecular formula is C21H45OP. The third-order valence-electron chi connectivity index (χ3n) is 5.08. The van der Waals surface area contributed by atoms with Crippen molar-refractivity contribution in [2.45, 2.75) is 122 Å². The van der Waals surface area contributed by atoms with Crippen LogP contribution in [0.25, 0.3) is 0 Å². The molecule has 0 aromatic carbocycles. The molecule has 2 heteroatoms. The van der Waals surface area contributed by atoms with Gasteiger partial charge >= 0.3 is 0 Å². The van der Waals surface area contributed by atoms with Gasteiger partial charge in [-0.25, -0.2) is 0 Å². The second-order valence-electron chi connectivity index (χ2n) is 7.49. The Hall–Kier alpha value is 0.390. The van der Waals surface area contributed by atoms with Crippen molar-refractivity contribution in [1.29, 1.82) is 0 Å². The number of methoxy groups -OCH3 is 1. The molecule has 0 aromatic rings. The Morgan fingerprint density at radius 1 is 0.609 bits per heavy atom. The lowest BCUT2D eigenvalue weighted by atomic mass is 9.88. The molecule has 0 aromatic heterocycles. The molecule has 0 fully saturated rings. The zero-order chi connectivity index (χ0) is 17.2. The smallest absolute Gasteiger partial charge is 0.0462 e. The molecule has 0 bridgehead atoms. The minimum Gasteiger partial charge on any atom is -0.385 e. The molecule has 0 aliphatic rings. The fourth-order valence-corrected chi connectivity index (χ4v) is 4.05. The molecule has 0 N–H and O–H groups in total. The summed E-state index contributed by atoms with van der Waals surface area (Å²) < 4.78 is 5.13. The van der Waals surface area contributed by atoms with Gasteiger partial charge in [-0.3, -0.25) is 0 Å². The largest absolute Gasteiger partial charge is 0.385 e. The first-order valence-electron chi connectivity index (χ1n) is 10.5. The standard InChI is InChI=1S/C21H45OP/c1-4-6-8-13-17-21(23,18-14-9-7-5-2)19-15-11-10-12-16-20-22-3/h4-20,23H2,1-3H3. The van der Waals surface area contributed by atoms with Crippen LogP contribution in [0.1, 0.15) is 117 Å². The van der Waals surface area contributed by atoms with Gasteiger partial charge in [-0.2, -0.15) is 0 Å². The van der Waals surface area contributed by atoms with Gasteiger partial charge in [0.05, 0.1) is 0 Å². The summed E-state index contributed by atoms with van der Waals surface area (Å²) in [5, 5.41) is 0.536. The lowest BCUT2D eigenvalue weighted by Crippen LogP contribution is -2.20. The van der Waals surface area contributed by atoms with E-state index in [4.69, 9.17) is 4.74 Å². The molecule has 140 valence electrons. The first-order valence-corrected chi connectivity index (χ1v) is 11.0. The summed E-state index contributed by atoms with van der Waals surface area (Å²) in [7, 11) is 5.09. The van der Waals surface area contributed by atoms with E-state index in [0.717, 1.165) is 6.61 Å². The van der Waals surface area contributed by atoms with E-state index >= 15 is 0 Å². The molecule has 0 saturated carbocycles. The second kappa shape index (κ2) is 17.2. The Morgan fingerprint density at radius 3 is 1.43 bits per heavy atom. The van der Waals surface area contributed by atoms with Crippen LogP contribution in [0.15, 0.2) is 0 Å². The Balaban J connectivity index is 3.94. The fraction of sp³-hybridized carbons (Fsp3) is 1.00. The summed E-state index contributed by atoms with van der Waals surface area (Å²) in [6, 6.07) is 0. The third kappa shape index (κ3) is 15.6. The van der Waals surface area contributed by atoms with Crippen LogP contribution in [0.4, 0.5) is 0 Å². The quantitative estimate of drug-likeness (QED) is 0.184. The van der Waals surface area contributed by atoms with Gasteiger partial charge in [-0.1, -0.05) is 90.9 Å². The Morgan fingerprint density at radius 2 is 1.00 bits per heavy atom. The number of hydrogen-bond acceptors (Lipinski definition) is 1. The van der Waals surface area contributed by atoms with Crippen LogP contribution < -0.4 is 0 Å². The van der Waals surface area contributed by atoms with Gasteiger partial charge in [0.15, 0.2) is 0 Å². The summed E-state index contributed by atoms with van der Waals surface area (Å²) >= 11 is 0. The number of ether oxygens (including phenoxy) is 1. The second-order valence-corrected chi connectivity index (χ2v) is 8.72. The zero-order valence-electron chi connectivity index (χ0n) is 16.5. The lowest BCUT2D eigenvalue weighted by molar-refractivity contribution is 0.192. The SMILES string of the molecule is CCCCCCC(P)(CCCCCC)CCCCCCCOC. The molecule has 0 spiro atoms. The number of unbranched alkanes of at least 4 members (excludes halogenated alkanes) is 10. The highest BCUT2D eigenvalue weighted by Gasteiger charge is 2.22. The van der Waals surface area contributed by atoms with Gasteiger partial charge < -0.3 is 4.74 Å². The van der Waals surface area contributed by atoms with Crippen LogP contribution in [0, 0.1) is 0 Å². The zero-order valence-corrected chi connectivity index (χ0v) is 17.7. The molecule has 0 aliphatic heterocycles.